The molecule has 1 aliphatic heterocycles. The molecule has 1 aliphatic rings. The summed E-state index contributed by atoms with van der Waals surface area (Å²) in [7, 11) is 1.39. The maximum atomic E-state index is 10.9. The highest BCUT2D eigenvalue weighted by Gasteiger charge is 2.22. The third kappa shape index (κ3) is 2.94. The highest BCUT2D eigenvalue weighted by molar-refractivity contribution is 8.00. The first-order chi connectivity index (χ1) is 6.65. The van der Waals surface area contributed by atoms with Crippen molar-refractivity contribution >= 4 is 17.7 Å². The molecule has 0 radical (unpaired) electrons. The molecule has 0 aromatic carbocycles. The number of methoxy groups -OCH3 is 1. The van der Waals surface area contributed by atoms with Crippen LogP contribution < -0.4 is 0 Å². The summed E-state index contributed by atoms with van der Waals surface area (Å²) >= 11 is 1.98. The van der Waals surface area contributed by atoms with Gasteiger partial charge in [-0.1, -0.05) is 6.92 Å². The van der Waals surface area contributed by atoms with Crippen molar-refractivity contribution in [3.05, 3.63) is 12.3 Å². The van der Waals surface area contributed by atoms with Crippen LogP contribution in [0.3, 0.4) is 0 Å². The van der Waals surface area contributed by atoms with Crippen molar-refractivity contribution in [1.82, 2.24) is 4.90 Å². The lowest BCUT2D eigenvalue weighted by Crippen LogP contribution is -2.41. The summed E-state index contributed by atoms with van der Waals surface area (Å²) in [5, 5.41) is 0.617. The summed E-state index contributed by atoms with van der Waals surface area (Å²) in [6, 6.07) is 0.481. The van der Waals surface area contributed by atoms with Crippen LogP contribution in [-0.4, -0.2) is 41.6 Å². The molecule has 3 nitrogen and oxygen atoms in total. The first-order valence-corrected chi connectivity index (χ1v) is 5.83. The maximum Gasteiger partial charge on any atom is 0.331 e. The molecule has 0 saturated carbocycles. The molecule has 0 aromatic rings. The van der Waals surface area contributed by atoms with E-state index in [0.29, 0.717) is 11.3 Å². The van der Waals surface area contributed by atoms with Crippen molar-refractivity contribution in [1.29, 1.82) is 0 Å². The van der Waals surface area contributed by atoms with Gasteiger partial charge in [0.2, 0.25) is 0 Å². The number of hydrogen-bond acceptors (Lipinski definition) is 4. The number of ether oxygens (including phenoxy) is 1. The van der Waals surface area contributed by atoms with Crippen LogP contribution in [0.1, 0.15) is 13.8 Å². The molecule has 1 fully saturated rings. The molecule has 2 unspecified atom stereocenters. The van der Waals surface area contributed by atoms with Crippen LogP contribution in [-0.2, 0) is 9.53 Å². The van der Waals surface area contributed by atoms with Gasteiger partial charge in [0.05, 0.1) is 7.11 Å². The average Bonchev–Trinajstić information content (AvgIpc) is 2.20. The SMILES string of the molecule is COC(=O)/C=C/N1CCSC(C)C1C. The van der Waals surface area contributed by atoms with Crippen LogP contribution in [0.15, 0.2) is 12.3 Å². The zero-order valence-electron chi connectivity index (χ0n) is 8.90. The van der Waals surface area contributed by atoms with Gasteiger partial charge in [-0.25, -0.2) is 4.79 Å². The Hall–Kier alpha value is -0.640. The topological polar surface area (TPSA) is 29.5 Å². The van der Waals surface area contributed by atoms with Gasteiger partial charge in [-0.15, -0.1) is 0 Å². The largest absolute Gasteiger partial charge is 0.466 e. The van der Waals surface area contributed by atoms with Gasteiger partial charge in [-0.3, -0.25) is 0 Å². The second-order valence-corrected chi connectivity index (χ2v) is 4.88. The normalized spacial score (nSPS) is 28.1. The molecule has 1 heterocycles. The minimum atomic E-state index is -0.289. The van der Waals surface area contributed by atoms with E-state index in [1.54, 1.807) is 0 Å². The molecule has 1 rings (SSSR count). The summed E-state index contributed by atoms with van der Waals surface area (Å²) in [4.78, 5) is 13.1. The van der Waals surface area contributed by atoms with Gasteiger partial charge in [-0.05, 0) is 6.92 Å². The fourth-order valence-corrected chi connectivity index (χ4v) is 2.51. The molecular formula is C10H17NO2S. The third-order valence-electron chi connectivity index (χ3n) is 2.54. The molecule has 2 atom stereocenters. The molecule has 0 aromatic heterocycles. The van der Waals surface area contributed by atoms with E-state index < -0.39 is 0 Å². The van der Waals surface area contributed by atoms with Gasteiger partial charge in [0.25, 0.3) is 0 Å². The monoisotopic (exact) mass is 215 g/mol. The quantitative estimate of drug-likeness (QED) is 0.516. The molecule has 14 heavy (non-hydrogen) atoms. The van der Waals surface area contributed by atoms with E-state index >= 15 is 0 Å². The number of hydrogen-bond donors (Lipinski definition) is 0. The van der Waals surface area contributed by atoms with Gasteiger partial charge < -0.3 is 9.64 Å². The summed E-state index contributed by atoms with van der Waals surface area (Å²) in [5.74, 6) is 0.833. The van der Waals surface area contributed by atoms with Gasteiger partial charge in [0, 0.05) is 35.9 Å². The molecule has 0 bridgehead atoms. The van der Waals surface area contributed by atoms with E-state index in [9.17, 15) is 4.79 Å². The Morgan fingerprint density at radius 1 is 1.57 bits per heavy atom. The molecule has 1 saturated heterocycles. The summed E-state index contributed by atoms with van der Waals surface area (Å²) in [6.45, 7) is 5.40. The van der Waals surface area contributed by atoms with E-state index in [1.807, 2.05) is 18.0 Å². The van der Waals surface area contributed by atoms with Gasteiger partial charge in [-0.2, -0.15) is 11.8 Å². The zero-order chi connectivity index (χ0) is 10.6. The van der Waals surface area contributed by atoms with Crippen molar-refractivity contribution in [3.8, 4) is 0 Å². The third-order valence-corrected chi connectivity index (χ3v) is 3.87. The molecule has 80 valence electrons. The lowest BCUT2D eigenvalue weighted by molar-refractivity contribution is -0.134. The Bertz CT molecular complexity index is 230. The summed E-state index contributed by atoms with van der Waals surface area (Å²) in [6.07, 6.45) is 3.33. The average molecular weight is 215 g/mol. The Balaban J connectivity index is 2.50. The van der Waals surface area contributed by atoms with Crippen molar-refractivity contribution in [2.24, 2.45) is 0 Å². The summed E-state index contributed by atoms with van der Waals surface area (Å²) < 4.78 is 4.55. The lowest BCUT2D eigenvalue weighted by atomic mass is 10.2. The Morgan fingerprint density at radius 2 is 2.29 bits per heavy atom. The highest BCUT2D eigenvalue weighted by atomic mass is 32.2. The Kier molecular flexibility index (Phi) is 4.32. The van der Waals surface area contributed by atoms with Crippen molar-refractivity contribution in [3.63, 3.8) is 0 Å². The number of carbonyl (C=O) groups excluding carboxylic acids is 1. The highest BCUT2D eigenvalue weighted by Crippen LogP contribution is 2.24. The van der Waals surface area contributed by atoms with E-state index in [1.165, 1.54) is 13.2 Å². The van der Waals surface area contributed by atoms with Crippen molar-refractivity contribution in [2.45, 2.75) is 25.1 Å². The van der Waals surface area contributed by atoms with Crippen LogP contribution in [0.25, 0.3) is 0 Å². The molecular weight excluding hydrogens is 198 g/mol. The van der Waals surface area contributed by atoms with Crippen molar-refractivity contribution in [2.75, 3.05) is 19.4 Å². The second-order valence-electron chi connectivity index (χ2n) is 3.39. The summed E-state index contributed by atoms with van der Waals surface area (Å²) in [5.41, 5.74) is 0. The van der Waals surface area contributed by atoms with Crippen LogP contribution in [0.4, 0.5) is 0 Å². The maximum absolute atomic E-state index is 10.9. The molecule has 0 N–H and O–H groups in total. The number of esters is 1. The number of thioether (sulfide) groups is 1. The predicted molar refractivity (Wildman–Crippen MR) is 59.2 cm³/mol. The second kappa shape index (κ2) is 5.29. The Morgan fingerprint density at radius 3 is 2.93 bits per heavy atom. The molecule has 4 heteroatoms. The van der Waals surface area contributed by atoms with E-state index in [4.69, 9.17) is 0 Å². The zero-order valence-corrected chi connectivity index (χ0v) is 9.71. The molecule has 0 aliphatic carbocycles. The van der Waals surface area contributed by atoms with Gasteiger partial charge >= 0.3 is 5.97 Å². The van der Waals surface area contributed by atoms with Crippen LogP contribution in [0, 0.1) is 0 Å². The van der Waals surface area contributed by atoms with Crippen LogP contribution >= 0.6 is 11.8 Å². The van der Waals surface area contributed by atoms with Gasteiger partial charge in [0.1, 0.15) is 0 Å². The van der Waals surface area contributed by atoms with Gasteiger partial charge in [0.15, 0.2) is 0 Å². The molecule has 0 amide bonds. The first-order valence-electron chi connectivity index (χ1n) is 4.78. The molecule has 0 spiro atoms. The van der Waals surface area contributed by atoms with Crippen molar-refractivity contribution < 1.29 is 9.53 Å². The Labute approximate surface area is 89.5 Å². The van der Waals surface area contributed by atoms with Crippen LogP contribution in [0.5, 0.6) is 0 Å². The van der Waals surface area contributed by atoms with Crippen LogP contribution in [0.2, 0.25) is 0 Å². The van der Waals surface area contributed by atoms with E-state index in [2.05, 4.69) is 23.5 Å². The first kappa shape index (κ1) is 11.4. The lowest BCUT2D eigenvalue weighted by Gasteiger charge is -2.36. The fourth-order valence-electron chi connectivity index (χ4n) is 1.39. The smallest absolute Gasteiger partial charge is 0.331 e. The fraction of sp³-hybridized carbons (Fsp3) is 0.700. The minimum absolute atomic E-state index is 0.289. The number of carbonyl (C=O) groups is 1. The van der Waals surface area contributed by atoms with E-state index in [-0.39, 0.29) is 5.97 Å². The number of nitrogens with zero attached hydrogens (tertiary/aromatic N) is 1. The minimum Gasteiger partial charge on any atom is -0.466 e. The standard InChI is InChI=1S/C10H17NO2S/c1-8-9(2)14-7-6-11(8)5-4-10(12)13-3/h4-5,8-9H,6-7H2,1-3H3/b5-4+. The number of rotatable bonds is 2. The van der Waals surface area contributed by atoms with E-state index in [0.717, 1.165) is 12.3 Å². The predicted octanol–water partition coefficient (Wildman–Crippen LogP) is 1.50.